The van der Waals surface area contributed by atoms with Gasteiger partial charge < -0.3 is 0 Å². The predicted octanol–water partition coefficient (Wildman–Crippen LogP) is 6.33. The van der Waals surface area contributed by atoms with Gasteiger partial charge >= 0.3 is 0 Å². The van der Waals surface area contributed by atoms with E-state index >= 15 is 0 Å². The van der Waals surface area contributed by atoms with E-state index in [1.54, 1.807) is 35.8 Å². The average Bonchev–Trinajstić information content (AvgIpc) is 2.71. The second kappa shape index (κ2) is 10.9. The summed E-state index contributed by atoms with van der Waals surface area (Å²) in [6.07, 6.45) is 3.20. The molecule has 0 saturated heterocycles. The number of rotatable bonds is 7. The molecule has 3 nitrogen and oxygen atoms in total. The summed E-state index contributed by atoms with van der Waals surface area (Å²) in [4.78, 5) is 14.5. The molecule has 0 aromatic heterocycles. The Bertz CT molecular complexity index is 915. The molecule has 3 aromatic rings. The van der Waals surface area contributed by atoms with E-state index in [-0.39, 0.29) is 5.91 Å². The standard InChI is InChI=1S/C22H17BrN2OS2/c23-18-13-11-17(12-14-18)16-24-25-21(26)15-22(27-19-7-3-1-4-8-19)28-20-9-5-2-6-10-20/h1-16H,(H,25,26)/b24-16+. The number of carbonyl (C=O) groups excluding carboxylic acids is 1. The number of benzene rings is 3. The third-order valence-corrected chi connectivity index (χ3v) is 6.11. The van der Waals surface area contributed by atoms with Gasteiger partial charge in [0, 0.05) is 20.3 Å². The number of amides is 1. The van der Waals surface area contributed by atoms with E-state index in [1.165, 1.54) is 0 Å². The molecule has 0 heterocycles. The number of thioether (sulfide) groups is 2. The molecule has 0 saturated carbocycles. The van der Waals surface area contributed by atoms with Crippen molar-refractivity contribution in [2.24, 2.45) is 5.10 Å². The maximum Gasteiger partial charge on any atom is 0.265 e. The number of carbonyl (C=O) groups is 1. The van der Waals surface area contributed by atoms with Crippen LogP contribution in [0.4, 0.5) is 0 Å². The monoisotopic (exact) mass is 468 g/mol. The molecule has 0 bridgehead atoms. The normalized spacial score (nSPS) is 10.6. The number of halogens is 1. The van der Waals surface area contributed by atoms with Crippen LogP contribution in [0, 0.1) is 0 Å². The van der Waals surface area contributed by atoms with Crippen molar-refractivity contribution < 1.29 is 4.79 Å². The number of hydrogen-bond acceptors (Lipinski definition) is 4. The van der Waals surface area contributed by atoms with Crippen molar-refractivity contribution in [3.05, 3.63) is 105 Å². The third kappa shape index (κ3) is 7.03. The van der Waals surface area contributed by atoms with Crippen LogP contribution >= 0.6 is 39.5 Å². The molecule has 0 spiro atoms. The average molecular weight is 469 g/mol. The highest BCUT2D eigenvalue weighted by Crippen LogP contribution is 2.38. The Morgan fingerprint density at radius 2 is 1.36 bits per heavy atom. The third-order valence-electron chi connectivity index (χ3n) is 3.43. The Hall–Kier alpha value is -2.28. The molecule has 0 aliphatic heterocycles. The molecule has 0 fully saturated rings. The highest BCUT2D eigenvalue weighted by molar-refractivity contribution is 9.10. The lowest BCUT2D eigenvalue weighted by Gasteiger charge is -2.07. The predicted molar refractivity (Wildman–Crippen MR) is 123 cm³/mol. The van der Waals surface area contributed by atoms with Crippen molar-refractivity contribution in [3.63, 3.8) is 0 Å². The fourth-order valence-electron chi connectivity index (χ4n) is 2.15. The summed E-state index contributed by atoms with van der Waals surface area (Å²) in [5, 5.41) is 4.04. The maximum absolute atomic E-state index is 12.3. The van der Waals surface area contributed by atoms with E-state index in [1.807, 2.05) is 84.9 Å². The van der Waals surface area contributed by atoms with Crippen molar-refractivity contribution in [2.75, 3.05) is 0 Å². The van der Waals surface area contributed by atoms with E-state index in [4.69, 9.17) is 0 Å². The van der Waals surface area contributed by atoms with E-state index < -0.39 is 0 Å². The fraction of sp³-hybridized carbons (Fsp3) is 0. The molecule has 0 radical (unpaired) electrons. The minimum Gasteiger partial charge on any atom is -0.268 e. The summed E-state index contributed by atoms with van der Waals surface area (Å²) in [7, 11) is 0. The lowest BCUT2D eigenvalue weighted by atomic mass is 10.2. The zero-order chi connectivity index (χ0) is 19.6. The van der Waals surface area contributed by atoms with E-state index in [0.29, 0.717) is 0 Å². The summed E-state index contributed by atoms with van der Waals surface area (Å²) in [5.41, 5.74) is 3.47. The van der Waals surface area contributed by atoms with Gasteiger partial charge in [-0.15, -0.1) is 0 Å². The van der Waals surface area contributed by atoms with Gasteiger partial charge in [-0.25, -0.2) is 5.43 Å². The quantitative estimate of drug-likeness (QED) is 0.190. The van der Waals surface area contributed by atoms with Crippen LogP contribution in [0.3, 0.4) is 0 Å². The summed E-state index contributed by atoms with van der Waals surface area (Å²) in [6, 6.07) is 27.6. The minimum atomic E-state index is -0.268. The summed E-state index contributed by atoms with van der Waals surface area (Å²) >= 11 is 6.49. The van der Waals surface area contributed by atoms with Crippen LogP contribution < -0.4 is 5.43 Å². The summed E-state index contributed by atoms with van der Waals surface area (Å²) in [6.45, 7) is 0. The Labute approximate surface area is 181 Å². The SMILES string of the molecule is O=C(C=C(Sc1ccccc1)Sc1ccccc1)N/N=C/c1ccc(Br)cc1. The first-order valence-corrected chi connectivity index (χ1v) is 10.9. The van der Waals surface area contributed by atoms with Crippen molar-refractivity contribution >= 4 is 51.6 Å². The Morgan fingerprint density at radius 3 is 1.89 bits per heavy atom. The summed E-state index contributed by atoms with van der Waals surface area (Å²) < 4.78 is 1.87. The Kier molecular flexibility index (Phi) is 7.96. The van der Waals surface area contributed by atoms with E-state index in [2.05, 4.69) is 26.5 Å². The van der Waals surface area contributed by atoms with Crippen molar-refractivity contribution in [2.45, 2.75) is 9.79 Å². The second-order valence-electron chi connectivity index (χ2n) is 5.58. The molecule has 1 amide bonds. The molecule has 0 aliphatic rings. The maximum atomic E-state index is 12.3. The van der Waals surface area contributed by atoms with Crippen LogP contribution in [0.5, 0.6) is 0 Å². The fourth-order valence-corrected chi connectivity index (χ4v) is 4.54. The van der Waals surface area contributed by atoms with Gasteiger partial charge in [-0.1, -0.05) is 88.0 Å². The number of hydrazone groups is 1. The van der Waals surface area contributed by atoms with Gasteiger partial charge in [0.2, 0.25) is 0 Å². The lowest BCUT2D eigenvalue weighted by Crippen LogP contribution is -2.14. The number of nitrogens with one attached hydrogen (secondary N) is 1. The first kappa shape index (κ1) is 20.5. The van der Waals surface area contributed by atoms with Gasteiger partial charge in [0.1, 0.15) is 0 Å². The smallest absolute Gasteiger partial charge is 0.265 e. The van der Waals surface area contributed by atoms with Gasteiger partial charge in [-0.05, 0) is 42.0 Å². The van der Waals surface area contributed by atoms with Gasteiger partial charge in [-0.2, -0.15) is 5.10 Å². The molecule has 0 unspecified atom stereocenters. The molecule has 0 atom stereocenters. The van der Waals surface area contributed by atoms with E-state index in [9.17, 15) is 4.79 Å². The Balaban J connectivity index is 1.69. The van der Waals surface area contributed by atoms with Crippen LogP contribution in [-0.4, -0.2) is 12.1 Å². The molecule has 3 rings (SSSR count). The van der Waals surface area contributed by atoms with Gasteiger partial charge in [0.15, 0.2) is 0 Å². The molecular formula is C22H17BrN2OS2. The first-order valence-electron chi connectivity index (χ1n) is 8.45. The number of nitrogens with zero attached hydrogens (tertiary/aromatic N) is 1. The highest BCUT2D eigenvalue weighted by Gasteiger charge is 2.07. The van der Waals surface area contributed by atoms with Gasteiger partial charge in [0.25, 0.3) is 5.91 Å². The number of hydrogen-bond donors (Lipinski definition) is 1. The van der Waals surface area contributed by atoms with Gasteiger partial charge in [-0.3, -0.25) is 4.79 Å². The lowest BCUT2D eigenvalue weighted by molar-refractivity contribution is -0.116. The van der Waals surface area contributed by atoms with Crippen molar-refractivity contribution in [3.8, 4) is 0 Å². The first-order chi connectivity index (χ1) is 13.7. The van der Waals surface area contributed by atoms with Crippen LogP contribution in [0.25, 0.3) is 0 Å². The minimum absolute atomic E-state index is 0.268. The zero-order valence-electron chi connectivity index (χ0n) is 14.8. The van der Waals surface area contributed by atoms with E-state index in [0.717, 1.165) is 24.1 Å². The second-order valence-corrected chi connectivity index (χ2v) is 8.98. The molecule has 0 aliphatic carbocycles. The molecule has 140 valence electrons. The molecule has 3 aromatic carbocycles. The van der Waals surface area contributed by atoms with Crippen LogP contribution in [0.2, 0.25) is 0 Å². The van der Waals surface area contributed by atoms with Crippen LogP contribution in [0.1, 0.15) is 5.56 Å². The zero-order valence-corrected chi connectivity index (χ0v) is 18.0. The Morgan fingerprint density at radius 1 is 0.821 bits per heavy atom. The van der Waals surface area contributed by atoms with Crippen molar-refractivity contribution in [1.82, 2.24) is 5.43 Å². The summed E-state index contributed by atoms with van der Waals surface area (Å²) in [5.74, 6) is -0.268. The van der Waals surface area contributed by atoms with Crippen LogP contribution in [-0.2, 0) is 4.79 Å². The topological polar surface area (TPSA) is 41.5 Å². The molecule has 1 N–H and O–H groups in total. The molecule has 6 heteroatoms. The van der Waals surface area contributed by atoms with Gasteiger partial charge in [0.05, 0.1) is 10.5 Å². The highest BCUT2D eigenvalue weighted by atomic mass is 79.9. The molecule has 28 heavy (non-hydrogen) atoms. The largest absolute Gasteiger partial charge is 0.268 e. The van der Waals surface area contributed by atoms with Crippen LogP contribution in [0.15, 0.2) is 115 Å². The molecular weight excluding hydrogens is 452 g/mol. The van der Waals surface area contributed by atoms with Crippen molar-refractivity contribution in [1.29, 1.82) is 0 Å².